The van der Waals surface area contributed by atoms with E-state index < -0.39 is 0 Å². The van der Waals surface area contributed by atoms with Gasteiger partial charge in [-0.2, -0.15) is 0 Å². The summed E-state index contributed by atoms with van der Waals surface area (Å²) in [5, 5.41) is 10.6. The van der Waals surface area contributed by atoms with Crippen molar-refractivity contribution in [3.63, 3.8) is 0 Å². The number of pyridine rings is 1. The number of rotatable bonds is 5. The molecule has 0 saturated carbocycles. The van der Waals surface area contributed by atoms with Gasteiger partial charge in [0.2, 0.25) is 0 Å². The fourth-order valence-corrected chi connectivity index (χ4v) is 4.19. The summed E-state index contributed by atoms with van der Waals surface area (Å²) >= 11 is 0. The van der Waals surface area contributed by atoms with Crippen molar-refractivity contribution in [2.45, 2.75) is 18.9 Å². The highest BCUT2D eigenvalue weighted by Gasteiger charge is 2.51. The highest BCUT2D eigenvalue weighted by molar-refractivity contribution is 6.30. The second-order valence-electron chi connectivity index (χ2n) is 7.42. The Labute approximate surface area is 180 Å². The van der Waals surface area contributed by atoms with E-state index in [1.54, 1.807) is 26.6 Å². The molecule has 0 amide bonds. The molecule has 2 unspecified atom stereocenters. The van der Waals surface area contributed by atoms with Gasteiger partial charge >= 0.3 is 5.84 Å². The highest BCUT2D eigenvalue weighted by Crippen LogP contribution is 2.39. The maximum Gasteiger partial charge on any atom is 0.301 e. The molecule has 3 aliphatic rings. The van der Waals surface area contributed by atoms with Gasteiger partial charge in [-0.3, -0.25) is 9.98 Å². The molecule has 1 N–H and O–H groups in total. The number of hydrogen-bond donors (Lipinski definition) is 1. The normalized spacial score (nSPS) is 24.5. The van der Waals surface area contributed by atoms with Crippen molar-refractivity contribution in [1.82, 2.24) is 9.99 Å². The number of nitrogens with one attached hydrogen (secondary N) is 1. The molecular formula is C22H24N7O2+. The first kappa shape index (κ1) is 19.4. The minimum absolute atomic E-state index is 0.141. The topological polar surface area (TPSA) is 83.7 Å². The van der Waals surface area contributed by atoms with Crippen LogP contribution in [0.2, 0.25) is 0 Å². The minimum atomic E-state index is 0.141. The molecule has 0 aliphatic carbocycles. The van der Waals surface area contributed by atoms with Gasteiger partial charge in [-0.15, -0.1) is 10.0 Å². The molecule has 31 heavy (non-hydrogen) atoms. The van der Waals surface area contributed by atoms with Crippen LogP contribution in [0, 0.1) is 0 Å². The summed E-state index contributed by atoms with van der Waals surface area (Å²) in [7, 11) is 3.25. The lowest BCUT2D eigenvalue weighted by Gasteiger charge is -2.35. The molecular weight excluding hydrogens is 394 g/mol. The van der Waals surface area contributed by atoms with Crippen molar-refractivity contribution < 1.29 is 14.2 Å². The Morgan fingerprint density at radius 2 is 1.97 bits per heavy atom. The summed E-state index contributed by atoms with van der Waals surface area (Å²) in [4.78, 5) is 13.6. The Morgan fingerprint density at radius 3 is 2.71 bits per heavy atom. The Hall–Kier alpha value is -3.56. The van der Waals surface area contributed by atoms with Crippen molar-refractivity contribution in [2.24, 2.45) is 15.1 Å². The zero-order chi connectivity index (χ0) is 21.3. The number of benzene rings is 1. The molecule has 158 valence electrons. The van der Waals surface area contributed by atoms with Crippen LogP contribution in [-0.2, 0) is 0 Å². The van der Waals surface area contributed by atoms with Crippen molar-refractivity contribution in [3.8, 4) is 11.5 Å². The van der Waals surface area contributed by atoms with Crippen LogP contribution in [0.4, 0.5) is 5.69 Å². The second-order valence-corrected chi connectivity index (χ2v) is 7.42. The van der Waals surface area contributed by atoms with E-state index >= 15 is 0 Å². The van der Waals surface area contributed by atoms with Gasteiger partial charge in [0.25, 0.3) is 5.96 Å². The van der Waals surface area contributed by atoms with E-state index in [0.29, 0.717) is 17.5 Å². The third-order valence-electron chi connectivity index (χ3n) is 5.61. The van der Waals surface area contributed by atoms with Crippen LogP contribution in [0.25, 0.3) is 0 Å². The van der Waals surface area contributed by atoms with Crippen molar-refractivity contribution in [2.75, 3.05) is 26.1 Å². The van der Waals surface area contributed by atoms with E-state index in [0.717, 1.165) is 36.6 Å². The lowest BCUT2D eigenvalue weighted by atomic mass is 10.1. The first-order valence-corrected chi connectivity index (χ1v) is 10.2. The Morgan fingerprint density at radius 1 is 1.13 bits per heavy atom. The van der Waals surface area contributed by atoms with Gasteiger partial charge in [0.05, 0.1) is 32.7 Å². The van der Waals surface area contributed by atoms with Crippen LogP contribution in [0.15, 0.2) is 70.1 Å². The van der Waals surface area contributed by atoms with Gasteiger partial charge in [0, 0.05) is 30.1 Å². The largest absolute Gasteiger partial charge is 0.497 e. The summed E-state index contributed by atoms with van der Waals surface area (Å²) in [6.07, 6.45) is 9.41. The molecule has 2 atom stereocenters. The van der Waals surface area contributed by atoms with Crippen LogP contribution in [0.3, 0.4) is 0 Å². The van der Waals surface area contributed by atoms with E-state index in [1.165, 1.54) is 0 Å². The average molecular weight is 418 g/mol. The lowest BCUT2D eigenvalue weighted by molar-refractivity contribution is -0.921. The van der Waals surface area contributed by atoms with E-state index in [-0.39, 0.29) is 10.7 Å². The minimum Gasteiger partial charge on any atom is -0.497 e. The standard InChI is InChI=1S/C22H24N7O2/c1-30-17-12-16(13-18(14-17)31-2)25-22-26-21-15-23-9-11-29(21,27-22)28-10-5-7-20(28)19-6-3-4-8-24-19/h3-4,6,8-9,11-15,20H,5,7,10H2,1-2H3,(H,25,27)/q+1. The van der Waals surface area contributed by atoms with E-state index in [9.17, 15) is 0 Å². The van der Waals surface area contributed by atoms with Crippen molar-refractivity contribution in [3.05, 3.63) is 60.7 Å². The molecule has 1 aromatic heterocycles. The summed E-state index contributed by atoms with van der Waals surface area (Å²) in [6, 6.07) is 11.8. The van der Waals surface area contributed by atoms with Crippen LogP contribution < -0.4 is 14.8 Å². The number of ether oxygens (including phenoxy) is 2. The molecule has 3 aliphatic heterocycles. The quantitative estimate of drug-likeness (QED) is 0.753. The molecule has 9 heteroatoms. The third kappa shape index (κ3) is 3.47. The Balaban J connectivity index is 1.50. The number of guanidine groups is 1. The molecule has 1 fully saturated rings. The van der Waals surface area contributed by atoms with Gasteiger partial charge in [-0.05, 0) is 34.8 Å². The van der Waals surface area contributed by atoms with E-state index in [1.807, 2.05) is 42.7 Å². The van der Waals surface area contributed by atoms with E-state index in [2.05, 4.69) is 26.4 Å². The number of aromatic nitrogens is 1. The van der Waals surface area contributed by atoms with Gasteiger partial charge in [0.15, 0.2) is 6.20 Å². The fraction of sp³-hybridized carbons (Fsp3) is 0.273. The number of hydrogen-bond acceptors (Lipinski definition) is 8. The van der Waals surface area contributed by atoms with Crippen molar-refractivity contribution in [1.29, 1.82) is 0 Å². The number of amidine groups is 1. The molecule has 9 nitrogen and oxygen atoms in total. The molecule has 1 aromatic carbocycles. The smallest absolute Gasteiger partial charge is 0.301 e. The molecule has 0 bridgehead atoms. The van der Waals surface area contributed by atoms with Gasteiger partial charge in [0.1, 0.15) is 23.8 Å². The zero-order valence-corrected chi connectivity index (χ0v) is 17.5. The average Bonchev–Trinajstić information content (AvgIpc) is 3.44. The van der Waals surface area contributed by atoms with Crippen LogP contribution in [0.1, 0.15) is 24.6 Å². The Kier molecular flexibility index (Phi) is 4.97. The molecule has 1 saturated heterocycles. The van der Waals surface area contributed by atoms with Crippen LogP contribution in [0.5, 0.6) is 11.5 Å². The first-order chi connectivity index (χ1) is 15.2. The summed E-state index contributed by atoms with van der Waals surface area (Å²) in [5.74, 6) is 2.61. The van der Waals surface area contributed by atoms with Crippen LogP contribution in [-0.4, -0.2) is 53.5 Å². The maximum absolute atomic E-state index is 5.37. The predicted molar refractivity (Wildman–Crippen MR) is 119 cm³/mol. The number of nitrogens with zero attached hydrogens (tertiary/aromatic N) is 6. The SMILES string of the molecule is COc1cc(NC2=N[N+]3(N4CCCC4c4ccccn4)C=CN=CC3=N2)cc(OC)c1. The van der Waals surface area contributed by atoms with E-state index in [4.69, 9.17) is 19.6 Å². The maximum atomic E-state index is 5.37. The summed E-state index contributed by atoms with van der Waals surface area (Å²) < 4.78 is 10.9. The zero-order valence-electron chi connectivity index (χ0n) is 17.5. The summed E-state index contributed by atoms with van der Waals surface area (Å²) in [6.45, 7) is 0.877. The number of anilines is 1. The monoisotopic (exact) mass is 418 g/mol. The molecule has 4 heterocycles. The fourth-order valence-electron chi connectivity index (χ4n) is 4.19. The van der Waals surface area contributed by atoms with Gasteiger partial charge in [-0.1, -0.05) is 6.07 Å². The van der Waals surface area contributed by atoms with Crippen molar-refractivity contribution >= 4 is 23.7 Å². The predicted octanol–water partition coefficient (Wildman–Crippen LogP) is 3.32. The lowest BCUT2D eigenvalue weighted by Crippen LogP contribution is -2.56. The summed E-state index contributed by atoms with van der Waals surface area (Å²) in [5.41, 5.74) is 1.82. The second kappa shape index (κ2) is 7.93. The Bertz CT molecular complexity index is 1070. The number of fused-ring (bicyclic) bond motifs is 1. The molecule has 5 rings (SSSR count). The number of aliphatic imine (C=N–C) groups is 2. The third-order valence-corrected chi connectivity index (χ3v) is 5.61. The first-order valence-electron chi connectivity index (χ1n) is 10.2. The van der Waals surface area contributed by atoms with Gasteiger partial charge < -0.3 is 14.8 Å². The highest BCUT2D eigenvalue weighted by atomic mass is 16.5. The number of quaternary nitrogens is 1. The molecule has 2 aromatic rings. The van der Waals surface area contributed by atoms with Crippen LogP contribution >= 0.6 is 0 Å². The van der Waals surface area contributed by atoms with Gasteiger partial charge in [-0.25, -0.2) is 0 Å². The molecule has 0 radical (unpaired) electrons. The molecule has 0 spiro atoms. The number of methoxy groups -OCH3 is 2.